The standard InChI is InChI=1S/C16H24N2O2S/c1-11-8-12(2)16(13(3)9-11)21(19,20)18-14-4-5-15(18)10-17-7-6-14/h8-9,14-15,17H,4-7,10H2,1-3H3. The van der Waals surface area contributed by atoms with Crippen LogP contribution in [-0.4, -0.2) is 37.9 Å². The zero-order valence-electron chi connectivity index (χ0n) is 13.0. The van der Waals surface area contributed by atoms with Crippen LogP contribution in [-0.2, 0) is 10.0 Å². The Balaban J connectivity index is 2.09. The molecule has 0 saturated carbocycles. The largest absolute Gasteiger partial charge is 0.315 e. The second kappa shape index (κ2) is 5.38. The van der Waals surface area contributed by atoms with E-state index in [1.165, 1.54) is 0 Å². The van der Waals surface area contributed by atoms with Gasteiger partial charge in [0.15, 0.2) is 0 Å². The lowest BCUT2D eigenvalue weighted by molar-refractivity contribution is 0.334. The molecule has 116 valence electrons. The molecular formula is C16H24N2O2S. The number of fused-ring (bicyclic) bond motifs is 2. The average molecular weight is 308 g/mol. The predicted molar refractivity (Wildman–Crippen MR) is 84.0 cm³/mol. The molecule has 2 atom stereocenters. The zero-order valence-corrected chi connectivity index (χ0v) is 13.8. The smallest absolute Gasteiger partial charge is 0.244 e. The predicted octanol–water partition coefficient (Wildman–Crippen LogP) is 2.13. The number of rotatable bonds is 2. The summed E-state index contributed by atoms with van der Waals surface area (Å²) in [7, 11) is -3.41. The van der Waals surface area contributed by atoms with Crippen molar-refractivity contribution in [2.75, 3.05) is 13.1 Å². The van der Waals surface area contributed by atoms with E-state index < -0.39 is 10.0 Å². The highest BCUT2D eigenvalue weighted by Crippen LogP contribution is 2.35. The van der Waals surface area contributed by atoms with Crippen molar-refractivity contribution in [3.8, 4) is 0 Å². The summed E-state index contributed by atoms with van der Waals surface area (Å²) in [5.74, 6) is 0. The second-order valence-electron chi connectivity index (χ2n) is 6.44. The number of aryl methyl sites for hydroxylation is 3. The third-order valence-corrected chi connectivity index (χ3v) is 7.04. The fourth-order valence-electron chi connectivity index (χ4n) is 4.01. The molecule has 2 bridgehead atoms. The molecule has 2 aliphatic rings. The van der Waals surface area contributed by atoms with Crippen molar-refractivity contribution in [2.24, 2.45) is 0 Å². The van der Waals surface area contributed by atoms with Gasteiger partial charge < -0.3 is 5.32 Å². The van der Waals surface area contributed by atoms with Gasteiger partial charge in [0.1, 0.15) is 0 Å². The first kappa shape index (κ1) is 15.0. The lowest BCUT2D eigenvalue weighted by Crippen LogP contribution is -2.42. The van der Waals surface area contributed by atoms with Crippen LogP contribution in [0.2, 0.25) is 0 Å². The molecule has 2 saturated heterocycles. The van der Waals surface area contributed by atoms with Crippen LogP contribution >= 0.6 is 0 Å². The van der Waals surface area contributed by atoms with E-state index in [2.05, 4.69) is 5.32 Å². The molecule has 0 aliphatic carbocycles. The number of benzene rings is 1. The minimum atomic E-state index is -3.41. The SMILES string of the molecule is Cc1cc(C)c(S(=O)(=O)N2C3CCNCC2CC3)c(C)c1. The highest BCUT2D eigenvalue weighted by molar-refractivity contribution is 7.89. The molecule has 1 aromatic rings. The van der Waals surface area contributed by atoms with Gasteiger partial charge >= 0.3 is 0 Å². The summed E-state index contributed by atoms with van der Waals surface area (Å²) in [5.41, 5.74) is 2.85. The molecule has 2 heterocycles. The lowest BCUT2D eigenvalue weighted by atomic mass is 10.1. The van der Waals surface area contributed by atoms with Gasteiger partial charge in [0.25, 0.3) is 0 Å². The Morgan fingerprint density at radius 2 is 1.67 bits per heavy atom. The Morgan fingerprint density at radius 3 is 2.33 bits per heavy atom. The molecule has 4 nitrogen and oxygen atoms in total. The summed E-state index contributed by atoms with van der Waals surface area (Å²) in [6, 6.07) is 4.22. The van der Waals surface area contributed by atoms with Crippen LogP contribution in [0, 0.1) is 20.8 Å². The fraction of sp³-hybridized carbons (Fsp3) is 0.625. The number of sulfonamides is 1. The van der Waals surface area contributed by atoms with E-state index in [0.717, 1.165) is 49.0 Å². The number of hydrogen-bond donors (Lipinski definition) is 1. The molecule has 0 aromatic heterocycles. The van der Waals surface area contributed by atoms with Crippen molar-refractivity contribution < 1.29 is 8.42 Å². The van der Waals surface area contributed by atoms with Crippen molar-refractivity contribution in [2.45, 2.75) is 57.0 Å². The first-order valence-corrected chi connectivity index (χ1v) is 9.17. The van der Waals surface area contributed by atoms with E-state index in [4.69, 9.17) is 0 Å². The monoisotopic (exact) mass is 308 g/mol. The van der Waals surface area contributed by atoms with E-state index in [1.54, 1.807) is 4.31 Å². The van der Waals surface area contributed by atoms with Crippen LogP contribution in [0.15, 0.2) is 17.0 Å². The van der Waals surface area contributed by atoms with Crippen LogP contribution < -0.4 is 5.32 Å². The molecule has 5 heteroatoms. The quantitative estimate of drug-likeness (QED) is 0.910. The number of nitrogens with zero attached hydrogens (tertiary/aromatic N) is 1. The first-order valence-electron chi connectivity index (χ1n) is 7.73. The highest BCUT2D eigenvalue weighted by atomic mass is 32.2. The van der Waals surface area contributed by atoms with Crippen LogP contribution in [0.3, 0.4) is 0 Å². The average Bonchev–Trinajstić information content (AvgIpc) is 2.61. The molecule has 2 unspecified atom stereocenters. The molecule has 0 amide bonds. The molecule has 2 aliphatic heterocycles. The third-order valence-electron chi connectivity index (χ3n) is 4.73. The summed E-state index contributed by atoms with van der Waals surface area (Å²) >= 11 is 0. The van der Waals surface area contributed by atoms with Gasteiger partial charge in [-0.1, -0.05) is 17.7 Å². The number of hydrogen-bond acceptors (Lipinski definition) is 3. The van der Waals surface area contributed by atoms with Crippen molar-refractivity contribution in [3.05, 3.63) is 28.8 Å². The summed E-state index contributed by atoms with van der Waals surface area (Å²) in [4.78, 5) is 0.520. The summed E-state index contributed by atoms with van der Waals surface area (Å²) in [6.45, 7) is 7.52. The van der Waals surface area contributed by atoms with Crippen molar-refractivity contribution in [1.29, 1.82) is 0 Å². The van der Waals surface area contributed by atoms with Gasteiger partial charge in [-0.05, 0) is 57.7 Å². The maximum Gasteiger partial charge on any atom is 0.244 e. The molecule has 2 fully saturated rings. The van der Waals surface area contributed by atoms with E-state index in [-0.39, 0.29) is 12.1 Å². The fourth-order valence-corrected chi connectivity index (χ4v) is 6.33. The van der Waals surface area contributed by atoms with Crippen molar-refractivity contribution in [3.63, 3.8) is 0 Å². The summed E-state index contributed by atoms with van der Waals surface area (Å²) in [6.07, 6.45) is 2.88. The maximum atomic E-state index is 13.3. The van der Waals surface area contributed by atoms with Gasteiger partial charge in [-0.2, -0.15) is 4.31 Å². The minimum absolute atomic E-state index is 0.114. The zero-order chi connectivity index (χ0) is 15.2. The van der Waals surface area contributed by atoms with E-state index in [0.29, 0.717) is 4.90 Å². The van der Waals surface area contributed by atoms with Crippen LogP contribution in [0.25, 0.3) is 0 Å². The Bertz CT molecular complexity index is 617. The van der Waals surface area contributed by atoms with Gasteiger partial charge in [0.2, 0.25) is 10.0 Å². The molecule has 21 heavy (non-hydrogen) atoms. The lowest BCUT2D eigenvalue weighted by Gasteiger charge is -2.28. The number of nitrogens with one attached hydrogen (secondary N) is 1. The first-order chi connectivity index (χ1) is 9.91. The Hall–Kier alpha value is -0.910. The normalized spacial score (nSPS) is 26.8. The Morgan fingerprint density at radius 1 is 1.05 bits per heavy atom. The highest BCUT2D eigenvalue weighted by Gasteiger charge is 2.43. The molecule has 1 N–H and O–H groups in total. The maximum absolute atomic E-state index is 13.3. The van der Waals surface area contributed by atoms with Crippen LogP contribution in [0.1, 0.15) is 36.0 Å². The van der Waals surface area contributed by atoms with Gasteiger partial charge in [0.05, 0.1) is 4.90 Å². The van der Waals surface area contributed by atoms with Crippen molar-refractivity contribution in [1.82, 2.24) is 9.62 Å². The van der Waals surface area contributed by atoms with Gasteiger partial charge in [0, 0.05) is 18.6 Å². The van der Waals surface area contributed by atoms with Gasteiger partial charge in [-0.3, -0.25) is 0 Å². The van der Waals surface area contributed by atoms with Crippen molar-refractivity contribution >= 4 is 10.0 Å². The Kier molecular flexibility index (Phi) is 3.84. The van der Waals surface area contributed by atoms with E-state index >= 15 is 0 Å². The minimum Gasteiger partial charge on any atom is -0.315 e. The van der Waals surface area contributed by atoms with Crippen LogP contribution in [0.4, 0.5) is 0 Å². The Labute approximate surface area is 127 Å². The molecule has 1 aromatic carbocycles. The van der Waals surface area contributed by atoms with Gasteiger partial charge in [-0.25, -0.2) is 8.42 Å². The second-order valence-corrected chi connectivity index (χ2v) is 8.22. The van der Waals surface area contributed by atoms with Crippen LogP contribution in [0.5, 0.6) is 0 Å². The molecule has 3 rings (SSSR count). The summed E-state index contributed by atoms with van der Waals surface area (Å²) in [5, 5.41) is 3.36. The van der Waals surface area contributed by atoms with E-state index in [9.17, 15) is 8.42 Å². The molecule has 0 radical (unpaired) electrons. The molecular weight excluding hydrogens is 284 g/mol. The molecule has 0 spiro atoms. The summed E-state index contributed by atoms with van der Waals surface area (Å²) < 4.78 is 28.3. The van der Waals surface area contributed by atoms with Gasteiger partial charge in [-0.15, -0.1) is 0 Å². The topological polar surface area (TPSA) is 49.4 Å². The van der Waals surface area contributed by atoms with E-state index in [1.807, 2.05) is 32.9 Å². The third kappa shape index (κ3) is 2.51.